The van der Waals surface area contributed by atoms with Gasteiger partial charge >= 0.3 is 0 Å². The lowest BCUT2D eigenvalue weighted by atomic mass is 10.2. The highest BCUT2D eigenvalue weighted by molar-refractivity contribution is 5.95. The normalized spacial score (nSPS) is 14.9. The Bertz CT molecular complexity index is 376. The third kappa shape index (κ3) is 1.55. The van der Waals surface area contributed by atoms with Gasteiger partial charge in [-0.25, -0.2) is 9.38 Å². The summed E-state index contributed by atoms with van der Waals surface area (Å²) in [6.07, 6.45) is 0. The number of halogens is 1. The van der Waals surface area contributed by atoms with Gasteiger partial charge in [0.2, 0.25) is 5.90 Å². The van der Waals surface area contributed by atoms with Gasteiger partial charge in [-0.1, -0.05) is 0 Å². The molecule has 3 nitrogen and oxygen atoms in total. The maximum Gasteiger partial charge on any atom is 0.219 e. The predicted octanol–water partition coefficient (Wildman–Crippen LogP) is 1.61. The SMILES string of the molecule is COc1ccc(F)c(C2=NCCO2)c1. The average molecular weight is 195 g/mol. The molecule has 0 radical (unpaired) electrons. The minimum absolute atomic E-state index is 0.341. The maximum atomic E-state index is 13.3. The second kappa shape index (κ2) is 3.65. The monoisotopic (exact) mass is 195 g/mol. The number of benzene rings is 1. The van der Waals surface area contributed by atoms with Crippen LogP contribution in [0.4, 0.5) is 4.39 Å². The molecule has 4 heteroatoms. The first-order chi connectivity index (χ1) is 6.81. The van der Waals surface area contributed by atoms with E-state index in [-0.39, 0.29) is 5.82 Å². The number of nitrogens with zero attached hydrogens (tertiary/aromatic N) is 1. The van der Waals surface area contributed by atoms with Crippen LogP contribution in [-0.4, -0.2) is 26.2 Å². The van der Waals surface area contributed by atoms with Crippen LogP contribution in [0.15, 0.2) is 23.2 Å². The maximum absolute atomic E-state index is 13.3. The van der Waals surface area contributed by atoms with Crippen LogP contribution in [0.5, 0.6) is 5.75 Å². The molecule has 1 aliphatic rings. The first-order valence-corrected chi connectivity index (χ1v) is 4.32. The highest BCUT2D eigenvalue weighted by Gasteiger charge is 2.15. The van der Waals surface area contributed by atoms with Gasteiger partial charge in [0.05, 0.1) is 19.2 Å². The van der Waals surface area contributed by atoms with E-state index >= 15 is 0 Å². The second-order valence-corrected chi connectivity index (χ2v) is 2.88. The van der Waals surface area contributed by atoms with Crippen LogP contribution < -0.4 is 4.74 Å². The number of ether oxygens (including phenoxy) is 2. The zero-order chi connectivity index (χ0) is 9.97. The van der Waals surface area contributed by atoms with Crippen LogP contribution in [0.25, 0.3) is 0 Å². The second-order valence-electron chi connectivity index (χ2n) is 2.88. The van der Waals surface area contributed by atoms with E-state index in [1.54, 1.807) is 12.1 Å². The number of hydrogen-bond donors (Lipinski definition) is 0. The van der Waals surface area contributed by atoms with Gasteiger partial charge in [0.25, 0.3) is 0 Å². The molecule has 1 heterocycles. The molecule has 14 heavy (non-hydrogen) atoms. The third-order valence-corrected chi connectivity index (χ3v) is 1.99. The Morgan fingerprint density at radius 2 is 2.36 bits per heavy atom. The lowest BCUT2D eigenvalue weighted by molar-refractivity contribution is 0.346. The fraction of sp³-hybridized carbons (Fsp3) is 0.300. The Labute approximate surface area is 81.2 Å². The molecule has 0 bridgehead atoms. The van der Waals surface area contributed by atoms with E-state index in [0.717, 1.165) is 0 Å². The molecular weight excluding hydrogens is 185 g/mol. The number of rotatable bonds is 2. The Balaban J connectivity index is 2.40. The minimum Gasteiger partial charge on any atom is -0.497 e. The van der Waals surface area contributed by atoms with Gasteiger partial charge in [-0.15, -0.1) is 0 Å². The van der Waals surface area contributed by atoms with Crippen LogP contribution >= 0.6 is 0 Å². The summed E-state index contributed by atoms with van der Waals surface area (Å²) in [5.74, 6) is 0.618. The topological polar surface area (TPSA) is 30.8 Å². The summed E-state index contributed by atoms with van der Waals surface area (Å²) in [4.78, 5) is 4.04. The zero-order valence-corrected chi connectivity index (χ0v) is 7.79. The van der Waals surface area contributed by atoms with E-state index in [0.29, 0.717) is 30.4 Å². The molecule has 0 aromatic heterocycles. The number of aliphatic imine (C=N–C) groups is 1. The number of hydrogen-bond acceptors (Lipinski definition) is 3. The molecule has 0 fully saturated rings. The van der Waals surface area contributed by atoms with Gasteiger partial charge in [0.1, 0.15) is 18.2 Å². The summed E-state index contributed by atoms with van der Waals surface area (Å²) < 4.78 is 23.5. The summed E-state index contributed by atoms with van der Waals surface area (Å²) >= 11 is 0. The van der Waals surface area contributed by atoms with Crippen molar-refractivity contribution >= 4 is 5.90 Å². The first-order valence-electron chi connectivity index (χ1n) is 4.32. The quantitative estimate of drug-likeness (QED) is 0.717. The van der Waals surface area contributed by atoms with Gasteiger partial charge in [0.15, 0.2) is 0 Å². The molecule has 0 unspecified atom stereocenters. The van der Waals surface area contributed by atoms with E-state index in [4.69, 9.17) is 9.47 Å². The van der Waals surface area contributed by atoms with E-state index in [2.05, 4.69) is 4.99 Å². The molecule has 0 amide bonds. The first kappa shape index (κ1) is 8.99. The average Bonchev–Trinajstić information content (AvgIpc) is 2.71. The summed E-state index contributed by atoms with van der Waals surface area (Å²) in [5.41, 5.74) is 0.363. The Morgan fingerprint density at radius 3 is 3.00 bits per heavy atom. The van der Waals surface area contributed by atoms with Crippen molar-refractivity contribution in [3.05, 3.63) is 29.6 Å². The predicted molar refractivity (Wildman–Crippen MR) is 50.3 cm³/mol. The third-order valence-electron chi connectivity index (χ3n) is 1.99. The van der Waals surface area contributed by atoms with E-state index in [1.807, 2.05) is 0 Å². The van der Waals surface area contributed by atoms with Crippen LogP contribution in [0.2, 0.25) is 0 Å². The molecule has 0 saturated heterocycles. The van der Waals surface area contributed by atoms with Crippen molar-refractivity contribution in [3.63, 3.8) is 0 Å². The number of methoxy groups -OCH3 is 1. The fourth-order valence-electron chi connectivity index (χ4n) is 1.29. The van der Waals surface area contributed by atoms with Crippen molar-refractivity contribution in [1.82, 2.24) is 0 Å². The Hall–Kier alpha value is -1.58. The Morgan fingerprint density at radius 1 is 1.50 bits per heavy atom. The summed E-state index contributed by atoms with van der Waals surface area (Å²) in [6, 6.07) is 4.49. The van der Waals surface area contributed by atoms with Crippen molar-refractivity contribution in [2.24, 2.45) is 4.99 Å². The van der Waals surface area contributed by atoms with Crippen molar-refractivity contribution in [2.75, 3.05) is 20.3 Å². The molecule has 2 rings (SSSR count). The Kier molecular flexibility index (Phi) is 2.35. The standard InChI is InChI=1S/C10H10FNO2/c1-13-7-2-3-9(11)8(6-7)10-12-4-5-14-10/h2-3,6H,4-5H2,1H3. The molecule has 1 aromatic carbocycles. The van der Waals surface area contributed by atoms with Gasteiger partial charge in [-0.2, -0.15) is 0 Å². The molecule has 74 valence electrons. The molecule has 0 spiro atoms. The van der Waals surface area contributed by atoms with E-state index in [9.17, 15) is 4.39 Å². The van der Waals surface area contributed by atoms with Crippen LogP contribution in [0.1, 0.15) is 5.56 Å². The van der Waals surface area contributed by atoms with E-state index < -0.39 is 0 Å². The largest absolute Gasteiger partial charge is 0.497 e. The van der Waals surface area contributed by atoms with Crippen LogP contribution in [-0.2, 0) is 4.74 Å². The summed E-state index contributed by atoms with van der Waals surface area (Å²) in [7, 11) is 1.54. The minimum atomic E-state index is -0.341. The lowest BCUT2D eigenvalue weighted by Gasteiger charge is -2.05. The van der Waals surface area contributed by atoms with Crippen LogP contribution in [0, 0.1) is 5.82 Å². The smallest absolute Gasteiger partial charge is 0.219 e. The zero-order valence-electron chi connectivity index (χ0n) is 7.79. The van der Waals surface area contributed by atoms with Gasteiger partial charge in [-0.3, -0.25) is 0 Å². The molecular formula is C10H10FNO2. The van der Waals surface area contributed by atoms with Gasteiger partial charge < -0.3 is 9.47 Å². The van der Waals surface area contributed by atoms with E-state index in [1.165, 1.54) is 13.2 Å². The van der Waals surface area contributed by atoms with Crippen LogP contribution in [0.3, 0.4) is 0 Å². The molecule has 0 N–H and O–H groups in total. The van der Waals surface area contributed by atoms with Crippen molar-refractivity contribution < 1.29 is 13.9 Å². The van der Waals surface area contributed by atoms with Crippen molar-refractivity contribution in [2.45, 2.75) is 0 Å². The van der Waals surface area contributed by atoms with Crippen molar-refractivity contribution in [1.29, 1.82) is 0 Å². The summed E-state index contributed by atoms with van der Waals surface area (Å²) in [6.45, 7) is 1.11. The highest BCUT2D eigenvalue weighted by Crippen LogP contribution is 2.19. The summed E-state index contributed by atoms with van der Waals surface area (Å²) in [5, 5.41) is 0. The van der Waals surface area contributed by atoms with Gasteiger partial charge in [0, 0.05) is 0 Å². The molecule has 0 aliphatic carbocycles. The molecule has 0 atom stereocenters. The molecule has 1 aromatic rings. The fourth-order valence-corrected chi connectivity index (χ4v) is 1.29. The highest BCUT2D eigenvalue weighted by atomic mass is 19.1. The van der Waals surface area contributed by atoms with Gasteiger partial charge in [-0.05, 0) is 18.2 Å². The molecule has 1 aliphatic heterocycles. The lowest BCUT2D eigenvalue weighted by Crippen LogP contribution is -2.04. The van der Waals surface area contributed by atoms with Crippen molar-refractivity contribution in [3.8, 4) is 5.75 Å². The molecule has 0 saturated carbocycles.